The first-order valence-electron chi connectivity index (χ1n) is 13.8. The summed E-state index contributed by atoms with van der Waals surface area (Å²) in [5.74, 6) is 0.375. The second-order valence-electron chi connectivity index (χ2n) is 11.2. The van der Waals surface area contributed by atoms with E-state index in [1.165, 1.54) is 44.7 Å². The summed E-state index contributed by atoms with van der Waals surface area (Å²) >= 11 is 0. The molecule has 2 aromatic heterocycles. The van der Waals surface area contributed by atoms with Crippen LogP contribution in [0.1, 0.15) is 84.0 Å². The number of pyridine rings is 1. The van der Waals surface area contributed by atoms with Gasteiger partial charge in [-0.1, -0.05) is 54.4 Å². The Labute approximate surface area is 212 Å². The average molecular weight is 476 g/mol. The lowest BCUT2D eigenvalue weighted by atomic mass is 9.81. The largest absolute Gasteiger partial charge is 0.378 e. The van der Waals surface area contributed by atoms with Crippen LogP contribution in [0.2, 0.25) is 0 Å². The number of nitrogens with zero attached hydrogens (tertiary/aromatic N) is 3. The predicted molar refractivity (Wildman–Crippen MR) is 150 cm³/mol. The van der Waals surface area contributed by atoms with E-state index in [4.69, 9.17) is 9.72 Å². The first-order chi connectivity index (χ1) is 16.8. The molecule has 0 unspecified atom stereocenters. The molecule has 4 rings (SSSR count). The van der Waals surface area contributed by atoms with Crippen LogP contribution >= 0.6 is 0 Å². The number of hydrogen-bond donors (Lipinski definition) is 0. The molecule has 4 nitrogen and oxygen atoms in total. The van der Waals surface area contributed by atoms with Gasteiger partial charge in [-0.15, -0.1) is 0 Å². The number of rotatable bonds is 9. The fourth-order valence-electron chi connectivity index (χ4n) is 5.44. The van der Waals surface area contributed by atoms with Gasteiger partial charge in [-0.2, -0.15) is 0 Å². The Morgan fingerprint density at radius 3 is 2.43 bits per heavy atom. The lowest BCUT2D eigenvalue weighted by Crippen LogP contribution is -2.36. The summed E-state index contributed by atoms with van der Waals surface area (Å²) in [7, 11) is 0. The second-order valence-corrected chi connectivity index (χ2v) is 11.2. The van der Waals surface area contributed by atoms with E-state index in [1.54, 1.807) is 0 Å². The van der Waals surface area contributed by atoms with Crippen LogP contribution in [-0.2, 0) is 24.1 Å². The van der Waals surface area contributed by atoms with E-state index in [-0.39, 0.29) is 5.41 Å². The normalized spacial score (nSPS) is 14.9. The quantitative estimate of drug-likeness (QED) is 0.319. The van der Waals surface area contributed by atoms with E-state index >= 15 is 0 Å². The Hall–Kier alpha value is -2.33. The van der Waals surface area contributed by atoms with E-state index in [9.17, 15) is 0 Å². The van der Waals surface area contributed by atoms with Crippen molar-refractivity contribution in [3.63, 3.8) is 0 Å². The molecule has 3 aromatic rings. The van der Waals surface area contributed by atoms with Crippen LogP contribution in [0.5, 0.6) is 0 Å². The van der Waals surface area contributed by atoms with Crippen LogP contribution in [0, 0.1) is 5.41 Å². The summed E-state index contributed by atoms with van der Waals surface area (Å²) in [5, 5.41) is 1.41. The van der Waals surface area contributed by atoms with Crippen LogP contribution in [0.3, 0.4) is 0 Å². The van der Waals surface area contributed by atoms with Crippen molar-refractivity contribution in [3.8, 4) is 11.3 Å². The topological polar surface area (TPSA) is 30.3 Å². The lowest BCUT2D eigenvalue weighted by molar-refractivity contribution is 0.122. The molecule has 0 atom stereocenters. The predicted octanol–water partition coefficient (Wildman–Crippen LogP) is 7.61. The van der Waals surface area contributed by atoms with Crippen molar-refractivity contribution in [2.45, 2.75) is 86.6 Å². The number of morpholine rings is 1. The first-order valence-corrected chi connectivity index (χ1v) is 13.8. The highest BCUT2D eigenvalue weighted by atomic mass is 16.5. The zero-order valence-electron chi connectivity index (χ0n) is 23.1. The van der Waals surface area contributed by atoms with Crippen molar-refractivity contribution in [2.75, 3.05) is 31.2 Å². The highest BCUT2D eigenvalue weighted by Gasteiger charge is 2.27. The molecular formula is C31H45N3O. The number of aromatic nitrogens is 2. The Morgan fingerprint density at radius 1 is 1.06 bits per heavy atom. The number of ether oxygens (including phenoxy) is 1. The van der Waals surface area contributed by atoms with Crippen molar-refractivity contribution in [1.29, 1.82) is 0 Å². The molecule has 1 aromatic carbocycles. The number of fused-ring (bicyclic) bond motifs is 1. The molecule has 0 aliphatic carbocycles. The second kappa shape index (κ2) is 10.7. The minimum absolute atomic E-state index is 0.225. The van der Waals surface area contributed by atoms with Gasteiger partial charge in [-0.05, 0) is 66.5 Å². The molecule has 1 aliphatic rings. The molecule has 1 aliphatic heterocycles. The van der Waals surface area contributed by atoms with Crippen LogP contribution in [-0.4, -0.2) is 35.9 Å². The summed E-state index contributed by atoms with van der Waals surface area (Å²) in [6.07, 6.45) is 6.52. The van der Waals surface area contributed by atoms with Crippen molar-refractivity contribution < 1.29 is 4.74 Å². The van der Waals surface area contributed by atoms with Gasteiger partial charge >= 0.3 is 0 Å². The zero-order valence-corrected chi connectivity index (χ0v) is 23.1. The third-order valence-corrected chi connectivity index (χ3v) is 7.77. The van der Waals surface area contributed by atoms with Crippen molar-refractivity contribution in [1.82, 2.24) is 9.55 Å². The number of hydrogen-bond acceptors (Lipinski definition) is 3. The molecule has 0 spiro atoms. The summed E-state index contributed by atoms with van der Waals surface area (Å²) in [4.78, 5) is 7.51. The Kier molecular flexibility index (Phi) is 7.90. The monoisotopic (exact) mass is 475 g/mol. The van der Waals surface area contributed by atoms with E-state index in [2.05, 4.69) is 88.4 Å². The Morgan fingerprint density at radius 2 is 1.80 bits per heavy atom. The van der Waals surface area contributed by atoms with Crippen molar-refractivity contribution >= 4 is 16.6 Å². The van der Waals surface area contributed by atoms with Crippen molar-refractivity contribution in [3.05, 3.63) is 47.3 Å². The molecule has 1 fully saturated rings. The fourth-order valence-corrected chi connectivity index (χ4v) is 5.44. The summed E-state index contributed by atoms with van der Waals surface area (Å²) in [6, 6.07) is 9.56. The molecule has 0 radical (unpaired) electrons. The van der Waals surface area contributed by atoms with Gasteiger partial charge in [0.15, 0.2) is 0 Å². The molecule has 4 heteroatoms. The maximum absolute atomic E-state index is 5.63. The minimum Gasteiger partial charge on any atom is -0.378 e. The molecule has 0 saturated carbocycles. The highest BCUT2D eigenvalue weighted by molar-refractivity contribution is 5.94. The third-order valence-electron chi connectivity index (χ3n) is 7.77. The fraction of sp³-hybridized carbons (Fsp3) is 0.581. The smallest absolute Gasteiger partial charge is 0.0642 e. The van der Waals surface area contributed by atoms with Gasteiger partial charge in [0.1, 0.15) is 0 Å². The Balaban J connectivity index is 2.01. The molecule has 3 heterocycles. The number of aryl methyl sites for hydroxylation is 2. The zero-order chi connectivity index (χ0) is 25.2. The number of benzene rings is 1. The summed E-state index contributed by atoms with van der Waals surface area (Å²) in [5.41, 5.74) is 9.65. The van der Waals surface area contributed by atoms with E-state index in [0.717, 1.165) is 58.5 Å². The van der Waals surface area contributed by atoms with Gasteiger partial charge in [0, 0.05) is 48.0 Å². The van der Waals surface area contributed by atoms with Gasteiger partial charge < -0.3 is 14.2 Å². The third kappa shape index (κ3) is 5.28. The van der Waals surface area contributed by atoms with Gasteiger partial charge in [0.05, 0.1) is 24.6 Å². The van der Waals surface area contributed by atoms with Gasteiger partial charge in [0.25, 0.3) is 0 Å². The maximum Gasteiger partial charge on any atom is 0.0642 e. The van der Waals surface area contributed by atoms with Gasteiger partial charge in [-0.3, -0.25) is 4.98 Å². The van der Waals surface area contributed by atoms with Gasteiger partial charge in [-0.25, -0.2) is 0 Å². The van der Waals surface area contributed by atoms with E-state index in [0.29, 0.717) is 5.92 Å². The van der Waals surface area contributed by atoms with Crippen LogP contribution < -0.4 is 4.90 Å². The summed E-state index contributed by atoms with van der Waals surface area (Å²) in [6.45, 7) is 20.7. The van der Waals surface area contributed by atoms with Gasteiger partial charge in [0.2, 0.25) is 0 Å². The molecule has 0 N–H and O–H groups in total. The standard InChI is InChI=1S/C31H45N3O/c1-8-11-23-18-26(29(22(4)5)32-21-23)30-27(20-31(6,7)9-2)25-19-24(33-14-16-35-17-15-33)12-13-28(25)34(30)10-3/h12-13,18-19,21-22H,8-11,14-17,20H2,1-7H3. The van der Waals surface area contributed by atoms with Crippen LogP contribution in [0.25, 0.3) is 22.2 Å². The molecule has 1 saturated heterocycles. The summed E-state index contributed by atoms with van der Waals surface area (Å²) < 4.78 is 8.18. The Bertz CT molecular complexity index is 1150. The first kappa shape index (κ1) is 25.8. The number of anilines is 1. The van der Waals surface area contributed by atoms with Crippen LogP contribution in [0.15, 0.2) is 30.5 Å². The van der Waals surface area contributed by atoms with Crippen molar-refractivity contribution in [2.24, 2.45) is 5.41 Å². The van der Waals surface area contributed by atoms with Crippen LogP contribution in [0.4, 0.5) is 5.69 Å². The molecule has 190 valence electrons. The minimum atomic E-state index is 0.225. The van der Waals surface area contributed by atoms with E-state index < -0.39 is 0 Å². The lowest BCUT2D eigenvalue weighted by Gasteiger charge is -2.29. The molecule has 0 bridgehead atoms. The molecule has 0 amide bonds. The average Bonchev–Trinajstić information content (AvgIpc) is 3.16. The maximum atomic E-state index is 5.63. The highest BCUT2D eigenvalue weighted by Crippen LogP contribution is 2.42. The van der Waals surface area contributed by atoms with E-state index in [1.807, 2.05) is 0 Å². The molecular weight excluding hydrogens is 430 g/mol. The molecule has 35 heavy (non-hydrogen) atoms. The SMILES string of the molecule is CCCc1cnc(C(C)C)c(-c2c(CC(C)(C)CC)c3cc(N4CCOCC4)ccc3n2CC)c1.